The van der Waals surface area contributed by atoms with Gasteiger partial charge in [0, 0.05) is 17.4 Å². The Bertz CT molecular complexity index is 875. The molecule has 2 heterocycles. The molecule has 2 aromatic heterocycles. The molecule has 0 aliphatic heterocycles. The van der Waals surface area contributed by atoms with Crippen molar-refractivity contribution in [2.24, 2.45) is 0 Å². The van der Waals surface area contributed by atoms with Gasteiger partial charge in [0.1, 0.15) is 17.4 Å². The van der Waals surface area contributed by atoms with Gasteiger partial charge in [0.05, 0.1) is 10.7 Å². The van der Waals surface area contributed by atoms with Gasteiger partial charge in [-0.05, 0) is 31.5 Å². The highest BCUT2D eigenvalue weighted by Gasteiger charge is 2.11. The van der Waals surface area contributed by atoms with Crippen molar-refractivity contribution in [1.29, 1.82) is 0 Å². The Labute approximate surface area is 160 Å². The third-order valence-corrected chi connectivity index (χ3v) is 5.30. The number of carbonyl (C=O) groups excluding carboxylic acids is 1. The molecule has 8 heteroatoms. The van der Waals surface area contributed by atoms with Crippen LogP contribution in [0.25, 0.3) is 0 Å². The molecule has 6 nitrogen and oxygen atoms in total. The summed E-state index contributed by atoms with van der Waals surface area (Å²) in [4.78, 5) is 16.8. The molecule has 0 spiro atoms. The lowest BCUT2D eigenvalue weighted by molar-refractivity contribution is 0.102. The molecule has 0 aliphatic rings. The van der Waals surface area contributed by atoms with E-state index in [1.54, 1.807) is 29.5 Å². The molecule has 1 N–H and O–H groups in total. The second-order valence-electron chi connectivity index (χ2n) is 5.73. The lowest BCUT2D eigenvalue weighted by atomic mass is 10.2. The van der Waals surface area contributed by atoms with Crippen molar-refractivity contribution in [3.05, 3.63) is 50.9 Å². The highest BCUT2D eigenvalue weighted by atomic mass is 32.1. The minimum absolute atomic E-state index is 0.224. The van der Waals surface area contributed by atoms with Gasteiger partial charge >= 0.3 is 0 Å². The highest BCUT2D eigenvalue weighted by molar-refractivity contribution is 7.15. The average Bonchev–Trinajstić information content (AvgIpc) is 3.27. The van der Waals surface area contributed by atoms with Crippen LogP contribution in [-0.2, 0) is 13.0 Å². The number of hydrogen-bond donors (Lipinski definition) is 1. The van der Waals surface area contributed by atoms with E-state index in [-0.39, 0.29) is 5.91 Å². The third kappa shape index (κ3) is 5.09. The van der Waals surface area contributed by atoms with Gasteiger partial charge in [-0.25, -0.2) is 4.98 Å². The number of aromatic nitrogens is 3. The Morgan fingerprint density at radius 3 is 2.96 bits per heavy atom. The number of hydrogen-bond acceptors (Lipinski definition) is 7. The summed E-state index contributed by atoms with van der Waals surface area (Å²) in [6.45, 7) is 4.47. The lowest BCUT2D eigenvalue weighted by Gasteiger charge is -2.06. The number of unbranched alkanes of at least 4 members (excludes halogenated alkanes) is 1. The number of benzene rings is 1. The van der Waals surface area contributed by atoms with Gasteiger partial charge in [-0.1, -0.05) is 30.7 Å². The second kappa shape index (κ2) is 8.86. The van der Waals surface area contributed by atoms with Crippen LogP contribution in [0.5, 0.6) is 5.75 Å². The molecule has 1 aromatic carbocycles. The van der Waals surface area contributed by atoms with Crippen LogP contribution in [0.4, 0.5) is 5.13 Å². The predicted octanol–water partition coefficient (Wildman–Crippen LogP) is 4.48. The SMILES string of the molecule is CCCCc1nnc(NC(=O)c2cccc(OCc3csc(C)n3)c2)s1. The monoisotopic (exact) mass is 388 g/mol. The molecule has 0 fully saturated rings. The fraction of sp³-hybridized carbons (Fsp3) is 0.333. The summed E-state index contributed by atoms with van der Waals surface area (Å²) in [7, 11) is 0. The van der Waals surface area contributed by atoms with Crippen molar-refractivity contribution in [2.75, 3.05) is 5.32 Å². The molecular weight excluding hydrogens is 368 g/mol. The van der Waals surface area contributed by atoms with Crippen LogP contribution >= 0.6 is 22.7 Å². The lowest BCUT2D eigenvalue weighted by Crippen LogP contribution is -2.11. The van der Waals surface area contributed by atoms with Gasteiger partial charge in [0.15, 0.2) is 0 Å². The number of anilines is 1. The van der Waals surface area contributed by atoms with Gasteiger partial charge in [-0.3, -0.25) is 10.1 Å². The number of thiazole rings is 1. The summed E-state index contributed by atoms with van der Waals surface area (Å²) in [5.74, 6) is 0.405. The van der Waals surface area contributed by atoms with Crippen LogP contribution in [0.15, 0.2) is 29.6 Å². The predicted molar refractivity (Wildman–Crippen MR) is 104 cm³/mol. The third-order valence-electron chi connectivity index (χ3n) is 3.58. The van der Waals surface area contributed by atoms with Gasteiger partial charge in [0.25, 0.3) is 5.91 Å². The van der Waals surface area contributed by atoms with Crippen LogP contribution < -0.4 is 10.1 Å². The molecular formula is C18H20N4O2S2. The van der Waals surface area contributed by atoms with Crippen molar-refractivity contribution < 1.29 is 9.53 Å². The molecule has 26 heavy (non-hydrogen) atoms. The molecule has 0 saturated carbocycles. The van der Waals surface area contributed by atoms with E-state index < -0.39 is 0 Å². The molecule has 3 rings (SSSR count). The van der Waals surface area contributed by atoms with E-state index in [0.717, 1.165) is 35.0 Å². The van der Waals surface area contributed by atoms with Crippen molar-refractivity contribution in [2.45, 2.75) is 39.7 Å². The summed E-state index contributed by atoms with van der Waals surface area (Å²) in [6.07, 6.45) is 3.07. The second-order valence-corrected chi connectivity index (χ2v) is 7.86. The largest absolute Gasteiger partial charge is 0.487 e. The van der Waals surface area contributed by atoms with E-state index in [0.29, 0.717) is 23.1 Å². The van der Waals surface area contributed by atoms with Crippen molar-refractivity contribution >= 4 is 33.7 Å². The average molecular weight is 389 g/mol. The minimum atomic E-state index is -0.224. The quantitative estimate of drug-likeness (QED) is 0.616. The molecule has 0 unspecified atom stereocenters. The summed E-state index contributed by atoms with van der Waals surface area (Å²) in [6, 6.07) is 7.08. The number of nitrogens with zero attached hydrogens (tertiary/aromatic N) is 3. The number of amides is 1. The summed E-state index contributed by atoms with van der Waals surface area (Å²) >= 11 is 3.01. The smallest absolute Gasteiger partial charge is 0.257 e. The van der Waals surface area contributed by atoms with Gasteiger partial charge < -0.3 is 4.74 Å². The van der Waals surface area contributed by atoms with E-state index in [1.807, 2.05) is 18.4 Å². The topological polar surface area (TPSA) is 77.0 Å². The van der Waals surface area contributed by atoms with E-state index in [4.69, 9.17) is 4.74 Å². The zero-order valence-corrected chi connectivity index (χ0v) is 16.3. The Morgan fingerprint density at radius 2 is 2.19 bits per heavy atom. The standard InChI is InChI=1S/C18H20N4O2S2/c1-3-4-8-16-21-22-18(26-16)20-17(23)13-6-5-7-15(9-13)24-10-14-11-25-12(2)19-14/h5-7,9,11H,3-4,8,10H2,1-2H3,(H,20,22,23). The maximum absolute atomic E-state index is 12.4. The molecule has 3 aromatic rings. The minimum Gasteiger partial charge on any atom is -0.487 e. The number of carbonyl (C=O) groups is 1. The van der Waals surface area contributed by atoms with E-state index in [2.05, 4.69) is 27.4 Å². The first kappa shape index (κ1) is 18.5. The first-order valence-electron chi connectivity index (χ1n) is 8.41. The molecule has 136 valence electrons. The zero-order chi connectivity index (χ0) is 18.4. The van der Waals surface area contributed by atoms with Crippen LogP contribution in [0.3, 0.4) is 0 Å². The Kier molecular flexibility index (Phi) is 6.30. The molecule has 0 aliphatic carbocycles. The molecule has 0 atom stereocenters. The van der Waals surface area contributed by atoms with Crippen LogP contribution in [0.2, 0.25) is 0 Å². The fourth-order valence-electron chi connectivity index (χ4n) is 2.26. The normalized spacial score (nSPS) is 10.7. The first-order valence-corrected chi connectivity index (χ1v) is 10.1. The van der Waals surface area contributed by atoms with E-state index in [9.17, 15) is 4.79 Å². The van der Waals surface area contributed by atoms with Gasteiger partial charge in [-0.2, -0.15) is 0 Å². The molecule has 0 radical (unpaired) electrons. The molecule has 0 bridgehead atoms. The van der Waals surface area contributed by atoms with Gasteiger partial charge in [-0.15, -0.1) is 21.5 Å². The number of rotatable bonds is 8. The van der Waals surface area contributed by atoms with E-state index in [1.165, 1.54) is 11.3 Å². The zero-order valence-electron chi connectivity index (χ0n) is 14.7. The maximum Gasteiger partial charge on any atom is 0.257 e. The summed E-state index contributed by atoms with van der Waals surface area (Å²) in [5, 5.41) is 15.4. The maximum atomic E-state index is 12.4. The van der Waals surface area contributed by atoms with Gasteiger partial charge in [0.2, 0.25) is 5.13 Å². The van der Waals surface area contributed by atoms with Crippen molar-refractivity contribution in [1.82, 2.24) is 15.2 Å². The Hall–Kier alpha value is -2.32. The van der Waals surface area contributed by atoms with Crippen LogP contribution in [-0.4, -0.2) is 21.1 Å². The summed E-state index contributed by atoms with van der Waals surface area (Å²) < 4.78 is 5.73. The molecule has 0 saturated heterocycles. The number of ether oxygens (including phenoxy) is 1. The highest BCUT2D eigenvalue weighted by Crippen LogP contribution is 2.20. The first-order chi connectivity index (χ1) is 12.6. The summed E-state index contributed by atoms with van der Waals surface area (Å²) in [5.41, 5.74) is 1.40. The van der Waals surface area contributed by atoms with Crippen molar-refractivity contribution in [3.63, 3.8) is 0 Å². The van der Waals surface area contributed by atoms with Crippen LogP contribution in [0.1, 0.15) is 45.8 Å². The Balaban J connectivity index is 1.59. The number of aryl methyl sites for hydroxylation is 2. The van der Waals surface area contributed by atoms with E-state index >= 15 is 0 Å². The van der Waals surface area contributed by atoms with Crippen LogP contribution in [0, 0.1) is 6.92 Å². The Morgan fingerprint density at radius 1 is 1.31 bits per heavy atom. The molecule has 1 amide bonds. The van der Waals surface area contributed by atoms with Crippen molar-refractivity contribution in [3.8, 4) is 5.75 Å². The fourth-order valence-corrected chi connectivity index (χ4v) is 3.64. The number of nitrogens with one attached hydrogen (secondary N) is 1.